The van der Waals surface area contributed by atoms with Gasteiger partial charge in [-0.25, -0.2) is 4.98 Å². The number of thioether (sulfide) groups is 1. The van der Waals surface area contributed by atoms with Crippen molar-refractivity contribution >= 4 is 45.9 Å². The van der Waals surface area contributed by atoms with E-state index < -0.39 is 0 Å². The predicted molar refractivity (Wildman–Crippen MR) is 95.1 cm³/mol. The maximum atomic E-state index is 12.5. The highest BCUT2D eigenvalue weighted by Crippen LogP contribution is 2.17. The lowest BCUT2D eigenvalue weighted by molar-refractivity contribution is -0.121. The number of benzene rings is 1. The van der Waals surface area contributed by atoms with Crippen molar-refractivity contribution < 1.29 is 4.79 Å². The molecule has 0 bridgehead atoms. The zero-order valence-corrected chi connectivity index (χ0v) is 14.4. The minimum atomic E-state index is -0.282. The minimum absolute atomic E-state index is 0.0673. The molecule has 0 unspecified atom stereocenters. The van der Waals surface area contributed by atoms with E-state index >= 15 is 0 Å². The first-order chi connectivity index (χ1) is 10.9. The minimum Gasteiger partial charge on any atom is -0.375 e. The Bertz CT molecular complexity index is 805. The summed E-state index contributed by atoms with van der Waals surface area (Å²) in [5.41, 5.74) is 8.43. The Balaban J connectivity index is 2.21. The molecule has 3 N–H and O–H groups in total. The van der Waals surface area contributed by atoms with Gasteiger partial charge in [-0.3, -0.25) is 24.6 Å². The number of hydrogen-bond donors (Lipinski definition) is 2. The third-order valence-corrected chi connectivity index (χ3v) is 4.35. The molecule has 0 saturated carbocycles. The van der Waals surface area contributed by atoms with Crippen LogP contribution in [0.15, 0.2) is 34.2 Å². The molecule has 1 heterocycles. The predicted octanol–water partition coefficient (Wildman–Crippen LogP) is 0.715. The zero-order chi connectivity index (χ0) is 17.0. The van der Waals surface area contributed by atoms with Crippen LogP contribution in [0.2, 0.25) is 0 Å². The molecule has 122 valence electrons. The number of thiocarbonyl (C=S) groups is 1. The Kier molecular flexibility index (Phi) is 5.56. The van der Waals surface area contributed by atoms with Crippen LogP contribution in [0.1, 0.15) is 6.92 Å². The molecule has 7 nitrogen and oxygen atoms in total. The van der Waals surface area contributed by atoms with Crippen molar-refractivity contribution in [3.63, 3.8) is 0 Å². The average molecular weight is 351 g/mol. The molecule has 23 heavy (non-hydrogen) atoms. The molecular formula is C14H17N5O2S2. The van der Waals surface area contributed by atoms with Crippen LogP contribution in [0.5, 0.6) is 0 Å². The largest absolute Gasteiger partial charge is 0.375 e. The standard InChI is InChI=1S/C14H17N5O2S2/c1-3-19-12(21)9-6-4-5-7-10(9)16-14(19)23-8-11(20)17-18(2)13(15)22/h4-7H,3,8H2,1-2H3,(H2,15,22)(H,17,20). The van der Waals surface area contributed by atoms with Crippen molar-refractivity contribution in [2.24, 2.45) is 5.73 Å². The summed E-state index contributed by atoms with van der Waals surface area (Å²) in [7, 11) is 1.56. The van der Waals surface area contributed by atoms with E-state index in [0.717, 1.165) is 0 Å². The number of nitrogens with one attached hydrogen (secondary N) is 1. The number of hydrazine groups is 1. The second kappa shape index (κ2) is 7.42. The summed E-state index contributed by atoms with van der Waals surface area (Å²) >= 11 is 5.94. The molecule has 2 aromatic rings. The highest BCUT2D eigenvalue weighted by Gasteiger charge is 2.13. The van der Waals surface area contributed by atoms with Crippen LogP contribution in [0.25, 0.3) is 10.9 Å². The van der Waals surface area contributed by atoms with Gasteiger partial charge in [-0.05, 0) is 31.3 Å². The molecule has 1 aromatic heterocycles. The number of nitrogens with zero attached hydrogens (tertiary/aromatic N) is 3. The van der Waals surface area contributed by atoms with Gasteiger partial charge in [-0.15, -0.1) is 0 Å². The first-order valence-electron chi connectivity index (χ1n) is 6.89. The molecule has 0 fully saturated rings. The van der Waals surface area contributed by atoms with E-state index in [4.69, 9.17) is 18.0 Å². The van der Waals surface area contributed by atoms with Gasteiger partial charge in [0.2, 0.25) is 5.91 Å². The van der Waals surface area contributed by atoms with Crippen molar-refractivity contribution in [1.82, 2.24) is 20.0 Å². The number of aromatic nitrogens is 2. The molecule has 0 aliphatic carbocycles. The maximum absolute atomic E-state index is 12.5. The number of carbonyl (C=O) groups excluding carboxylic acids is 1. The van der Waals surface area contributed by atoms with E-state index in [1.807, 2.05) is 13.0 Å². The number of nitrogens with two attached hydrogens (primary N) is 1. The van der Waals surface area contributed by atoms with Gasteiger partial charge in [0, 0.05) is 13.6 Å². The molecule has 0 saturated heterocycles. The monoisotopic (exact) mass is 351 g/mol. The molecule has 0 aliphatic rings. The van der Waals surface area contributed by atoms with Gasteiger partial charge in [0.1, 0.15) is 0 Å². The summed E-state index contributed by atoms with van der Waals surface area (Å²) in [6.45, 7) is 2.34. The second-order valence-electron chi connectivity index (χ2n) is 4.68. The van der Waals surface area contributed by atoms with Crippen molar-refractivity contribution in [2.75, 3.05) is 12.8 Å². The van der Waals surface area contributed by atoms with Crippen LogP contribution in [0, 0.1) is 0 Å². The van der Waals surface area contributed by atoms with E-state index in [1.165, 1.54) is 16.8 Å². The highest BCUT2D eigenvalue weighted by atomic mass is 32.2. The Labute approximate surface area is 142 Å². The van der Waals surface area contributed by atoms with Crippen LogP contribution >= 0.6 is 24.0 Å². The SMILES string of the molecule is CCn1c(SCC(=O)NN(C)C(N)=S)nc2ccccc2c1=O. The third-order valence-electron chi connectivity index (χ3n) is 3.10. The fourth-order valence-electron chi connectivity index (χ4n) is 1.94. The van der Waals surface area contributed by atoms with Crippen molar-refractivity contribution in [2.45, 2.75) is 18.6 Å². The first-order valence-corrected chi connectivity index (χ1v) is 8.28. The molecule has 0 atom stereocenters. The van der Waals surface area contributed by atoms with Crippen LogP contribution in [0.4, 0.5) is 0 Å². The zero-order valence-electron chi connectivity index (χ0n) is 12.8. The van der Waals surface area contributed by atoms with Gasteiger partial charge in [0.25, 0.3) is 5.56 Å². The molecule has 9 heteroatoms. The summed E-state index contributed by atoms with van der Waals surface area (Å²) in [5, 5.41) is 2.40. The molecule has 1 amide bonds. The maximum Gasteiger partial charge on any atom is 0.262 e. The molecule has 0 aliphatic heterocycles. The fraction of sp³-hybridized carbons (Fsp3) is 0.286. The van der Waals surface area contributed by atoms with E-state index in [-0.39, 0.29) is 22.3 Å². The topological polar surface area (TPSA) is 93.2 Å². The van der Waals surface area contributed by atoms with Gasteiger partial charge in [-0.1, -0.05) is 23.9 Å². The average Bonchev–Trinajstić information content (AvgIpc) is 2.53. The van der Waals surface area contributed by atoms with Crippen molar-refractivity contribution in [3.05, 3.63) is 34.6 Å². The smallest absolute Gasteiger partial charge is 0.262 e. The van der Waals surface area contributed by atoms with Gasteiger partial charge in [-0.2, -0.15) is 0 Å². The number of rotatable bonds is 4. The third kappa shape index (κ3) is 3.99. The van der Waals surface area contributed by atoms with Crippen LogP contribution in [-0.4, -0.2) is 38.4 Å². The van der Waals surface area contributed by atoms with Crippen molar-refractivity contribution in [1.29, 1.82) is 0 Å². The number of amides is 1. The summed E-state index contributed by atoms with van der Waals surface area (Å²) < 4.78 is 1.55. The van der Waals surface area contributed by atoms with E-state index in [2.05, 4.69) is 10.4 Å². The highest BCUT2D eigenvalue weighted by molar-refractivity contribution is 7.99. The van der Waals surface area contributed by atoms with E-state index in [9.17, 15) is 9.59 Å². The van der Waals surface area contributed by atoms with Crippen LogP contribution < -0.4 is 16.7 Å². The van der Waals surface area contributed by atoms with Gasteiger partial charge in [0.15, 0.2) is 10.3 Å². The lowest BCUT2D eigenvalue weighted by Crippen LogP contribution is -2.46. The summed E-state index contributed by atoms with van der Waals surface area (Å²) in [4.78, 5) is 28.8. The molecule has 0 radical (unpaired) electrons. The summed E-state index contributed by atoms with van der Waals surface area (Å²) in [6, 6.07) is 7.15. The molecule has 0 spiro atoms. The van der Waals surface area contributed by atoms with E-state index in [0.29, 0.717) is 22.6 Å². The van der Waals surface area contributed by atoms with Crippen LogP contribution in [-0.2, 0) is 11.3 Å². The lowest BCUT2D eigenvalue weighted by Gasteiger charge is -2.17. The Hall–Kier alpha value is -2.13. The quantitative estimate of drug-likeness (QED) is 0.363. The van der Waals surface area contributed by atoms with Gasteiger partial charge in [0.05, 0.1) is 16.7 Å². The number of fused-ring (bicyclic) bond motifs is 1. The number of carbonyl (C=O) groups is 1. The summed E-state index contributed by atoms with van der Waals surface area (Å²) in [6.07, 6.45) is 0. The van der Waals surface area contributed by atoms with E-state index in [1.54, 1.807) is 29.8 Å². The van der Waals surface area contributed by atoms with Gasteiger partial charge >= 0.3 is 0 Å². The molecular weight excluding hydrogens is 334 g/mol. The number of para-hydroxylation sites is 1. The Morgan fingerprint density at radius 2 is 2.17 bits per heavy atom. The van der Waals surface area contributed by atoms with Crippen LogP contribution in [0.3, 0.4) is 0 Å². The van der Waals surface area contributed by atoms with Crippen molar-refractivity contribution in [3.8, 4) is 0 Å². The molecule has 1 aromatic carbocycles. The normalized spacial score (nSPS) is 10.5. The van der Waals surface area contributed by atoms with Gasteiger partial charge < -0.3 is 5.73 Å². The number of hydrogen-bond acceptors (Lipinski definition) is 5. The Morgan fingerprint density at radius 1 is 1.48 bits per heavy atom. The molecule has 2 rings (SSSR count). The first kappa shape index (κ1) is 17.2. The summed E-state index contributed by atoms with van der Waals surface area (Å²) in [5.74, 6) is -0.187. The Morgan fingerprint density at radius 3 is 2.83 bits per heavy atom. The lowest BCUT2D eigenvalue weighted by atomic mass is 10.2. The fourth-order valence-corrected chi connectivity index (χ4v) is 2.84. The second-order valence-corrected chi connectivity index (χ2v) is 6.04.